The Hall–Kier alpha value is -3.19. The molecule has 0 atom stereocenters. The van der Waals surface area contributed by atoms with E-state index in [4.69, 9.17) is 9.84 Å². The minimum absolute atomic E-state index is 0.201. The number of ether oxygens (including phenoxy) is 1. The monoisotopic (exact) mass is 422 g/mol. The topological polar surface area (TPSA) is 96.4 Å². The normalized spacial score (nSPS) is 10.8. The van der Waals surface area contributed by atoms with Gasteiger partial charge in [0.25, 0.3) is 0 Å². The minimum Gasteiger partial charge on any atom is -0.493 e. The van der Waals surface area contributed by atoms with Crippen LogP contribution in [0.4, 0.5) is 5.82 Å². The molecule has 0 spiro atoms. The summed E-state index contributed by atoms with van der Waals surface area (Å²) < 4.78 is 5.83. The first-order valence-electron chi connectivity index (χ1n) is 10.8. The van der Waals surface area contributed by atoms with Gasteiger partial charge in [0.2, 0.25) is 0 Å². The molecule has 164 valence electrons. The summed E-state index contributed by atoms with van der Waals surface area (Å²) in [6.07, 6.45) is 5.33. The summed E-state index contributed by atoms with van der Waals surface area (Å²) in [6.45, 7) is 2.94. The number of aryl methyl sites for hydroxylation is 1. The fourth-order valence-electron chi connectivity index (χ4n) is 3.29. The summed E-state index contributed by atoms with van der Waals surface area (Å²) in [5, 5.41) is 16.2. The summed E-state index contributed by atoms with van der Waals surface area (Å²) >= 11 is 0. The number of nitrogens with one attached hydrogen (secondary N) is 2. The summed E-state index contributed by atoms with van der Waals surface area (Å²) in [6, 6.07) is 16.4. The molecule has 0 saturated heterocycles. The van der Waals surface area contributed by atoms with Gasteiger partial charge in [-0.2, -0.15) is 0 Å². The summed E-state index contributed by atoms with van der Waals surface area (Å²) in [7, 11) is 0. The summed E-state index contributed by atoms with van der Waals surface area (Å²) in [4.78, 5) is 19.2. The molecule has 3 N–H and O–H groups in total. The van der Waals surface area contributed by atoms with Crippen LogP contribution in [0.25, 0.3) is 10.9 Å². The van der Waals surface area contributed by atoms with Crippen molar-refractivity contribution in [2.75, 3.05) is 31.6 Å². The highest BCUT2D eigenvalue weighted by Crippen LogP contribution is 2.24. The molecule has 2 aromatic carbocycles. The molecule has 0 fully saturated rings. The molecule has 7 nitrogen and oxygen atoms in total. The fourth-order valence-corrected chi connectivity index (χ4v) is 3.29. The molecule has 3 rings (SSSR count). The number of carbonyl (C=O) groups is 1. The van der Waals surface area contributed by atoms with Crippen LogP contribution < -0.4 is 15.4 Å². The number of fused-ring (bicyclic) bond motifs is 1. The second-order valence-corrected chi connectivity index (χ2v) is 7.37. The van der Waals surface area contributed by atoms with E-state index in [2.05, 4.69) is 44.9 Å². The van der Waals surface area contributed by atoms with Crippen LogP contribution in [0.15, 0.2) is 54.9 Å². The van der Waals surface area contributed by atoms with E-state index in [0.29, 0.717) is 19.6 Å². The molecule has 0 aliphatic heterocycles. The van der Waals surface area contributed by atoms with Crippen molar-refractivity contribution in [2.24, 2.45) is 0 Å². The van der Waals surface area contributed by atoms with Crippen molar-refractivity contribution < 1.29 is 14.6 Å². The lowest BCUT2D eigenvalue weighted by atomic mass is 10.1. The standard InChI is InChI=1S/C24H30N4O3/c29-23(30)10-5-13-25-14-6-16-31-20-11-12-21-22(17-20)27-18-28-24(21)26-15-4-9-19-7-2-1-3-8-19/h1-3,7-8,11-12,17-18,25H,4-6,9-10,13-16H2,(H,29,30)(H,26,27,28). The van der Waals surface area contributed by atoms with Crippen molar-refractivity contribution in [3.05, 3.63) is 60.4 Å². The molecule has 0 aliphatic rings. The molecular formula is C24H30N4O3. The van der Waals surface area contributed by atoms with Gasteiger partial charge in [-0.05, 0) is 56.5 Å². The number of benzene rings is 2. The number of hydrogen-bond acceptors (Lipinski definition) is 6. The largest absolute Gasteiger partial charge is 0.493 e. The fraction of sp³-hybridized carbons (Fsp3) is 0.375. The lowest BCUT2D eigenvalue weighted by Gasteiger charge is -2.10. The van der Waals surface area contributed by atoms with E-state index >= 15 is 0 Å². The summed E-state index contributed by atoms with van der Waals surface area (Å²) in [5.74, 6) is 0.873. The van der Waals surface area contributed by atoms with Gasteiger partial charge in [0, 0.05) is 24.4 Å². The third kappa shape index (κ3) is 7.86. The van der Waals surface area contributed by atoms with E-state index in [0.717, 1.165) is 54.8 Å². The Balaban J connectivity index is 1.41. The Kier molecular flexibility index (Phi) is 9.07. The number of aliphatic carboxylic acids is 1. The van der Waals surface area contributed by atoms with Crippen molar-refractivity contribution in [3.63, 3.8) is 0 Å². The highest BCUT2D eigenvalue weighted by Gasteiger charge is 2.05. The number of carboxylic acids is 1. The first kappa shape index (κ1) is 22.5. The lowest BCUT2D eigenvalue weighted by Crippen LogP contribution is -2.19. The number of rotatable bonds is 14. The minimum atomic E-state index is -0.754. The molecule has 0 radical (unpaired) electrons. The first-order chi connectivity index (χ1) is 15.2. The highest BCUT2D eigenvalue weighted by molar-refractivity contribution is 5.89. The van der Waals surface area contributed by atoms with Crippen LogP contribution in [0.1, 0.15) is 31.2 Å². The van der Waals surface area contributed by atoms with E-state index in [9.17, 15) is 4.79 Å². The van der Waals surface area contributed by atoms with Crippen LogP contribution in [0.3, 0.4) is 0 Å². The van der Waals surface area contributed by atoms with Crippen molar-refractivity contribution in [1.82, 2.24) is 15.3 Å². The van der Waals surface area contributed by atoms with Crippen molar-refractivity contribution in [3.8, 4) is 5.75 Å². The average molecular weight is 423 g/mol. The van der Waals surface area contributed by atoms with Gasteiger partial charge in [-0.3, -0.25) is 4.79 Å². The smallest absolute Gasteiger partial charge is 0.303 e. The Labute approximate surface area is 182 Å². The van der Waals surface area contributed by atoms with Crippen molar-refractivity contribution in [1.29, 1.82) is 0 Å². The molecule has 0 amide bonds. The highest BCUT2D eigenvalue weighted by atomic mass is 16.5. The maximum Gasteiger partial charge on any atom is 0.303 e. The zero-order valence-electron chi connectivity index (χ0n) is 17.7. The van der Waals surface area contributed by atoms with Crippen LogP contribution in [0, 0.1) is 0 Å². The predicted octanol–water partition coefficient (Wildman–Crippen LogP) is 3.90. The molecule has 1 aromatic heterocycles. The van der Waals surface area contributed by atoms with Crippen molar-refractivity contribution in [2.45, 2.75) is 32.1 Å². The quantitative estimate of drug-likeness (QED) is 0.339. The molecule has 0 unspecified atom stereocenters. The average Bonchev–Trinajstić information content (AvgIpc) is 2.79. The van der Waals surface area contributed by atoms with Crippen LogP contribution in [-0.2, 0) is 11.2 Å². The van der Waals surface area contributed by atoms with Gasteiger partial charge in [-0.1, -0.05) is 30.3 Å². The van der Waals surface area contributed by atoms with Crippen LogP contribution >= 0.6 is 0 Å². The van der Waals surface area contributed by atoms with E-state index in [1.165, 1.54) is 5.56 Å². The zero-order chi connectivity index (χ0) is 21.7. The molecule has 0 bridgehead atoms. The number of hydrogen-bond donors (Lipinski definition) is 3. The molecule has 7 heteroatoms. The second-order valence-electron chi connectivity index (χ2n) is 7.37. The molecule has 0 aliphatic carbocycles. The summed E-state index contributed by atoms with van der Waals surface area (Å²) in [5.41, 5.74) is 2.19. The van der Waals surface area contributed by atoms with Gasteiger partial charge in [0.05, 0.1) is 12.1 Å². The zero-order valence-corrected chi connectivity index (χ0v) is 17.7. The van der Waals surface area contributed by atoms with Crippen molar-refractivity contribution >= 4 is 22.7 Å². The Bertz CT molecular complexity index is 950. The second kappa shape index (κ2) is 12.5. The number of anilines is 1. The molecule has 0 saturated carbocycles. The molecule has 3 aromatic rings. The maximum atomic E-state index is 10.5. The maximum absolute atomic E-state index is 10.5. The Morgan fingerprint density at radius 1 is 0.968 bits per heavy atom. The lowest BCUT2D eigenvalue weighted by molar-refractivity contribution is -0.137. The van der Waals surface area contributed by atoms with Gasteiger partial charge in [0.1, 0.15) is 17.9 Å². The number of carboxylic acid groups (broad SMARTS) is 1. The Morgan fingerprint density at radius 3 is 2.65 bits per heavy atom. The van der Waals surface area contributed by atoms with Crippen LogP contribution in [0.2, 0.25) is 0 Å². The van der Waals surface area contributed by atoms with Gasteiger partial charge < -0.3 is 20.5 Å². The Morgan fingerprint density at radius 2 is 1.81 bits per heavy atom. The number of aromatic nitrogens is 2. The SMILES string of the molecule is O=C(O)CCCNCCCOc1ccc2c(NCCCc3ccccc3)ncnc2c1. The van der Waals surface area contributed by atoms with E-state index in [-0.39, 0.29) is 6.42 Å². The van der Waals surface area contributed by atoms with Gasteiger partial charge in [-0.25, -0.2) is 9.97 Å². The first-order valence-corrected chi connectivity index (χ1v) is 10.8. The van der Waals surface area contributed by atoms with Crippen LogP contribution in [-0.4, -0.2) is 47.3 Å². The predicted molar refractivity (Wildman–Crippen MR) is 123 cm³/mol. The van der Waals surface area contributed by atoms with E-state index in [1.807, 2.05) is 24.3 Å². The molecule has 1 heterocycles. The van der Waals surface area contributed by atoms with E-state index in [1.54, 1.807) is 6.33 Å². The van der Waals surface area contributed by atoms with Gasteiger partial charge in [-0.15, -0.1) is 0 Å². The third-order valence-electron chi connectivity index (χ3n) is 4.90. The third-order valence-corrected chi connectivity index (χ3v) is 4.90. The van der Waals surface area contributed by atoms with E-state index < -0.39 is 5.97 Å². The van der Waals surface area contributed by atoms with Gasteiger partial charge >= 0.3 is 5.97 Å². The van der Waals surface area contributed by atoms with Gasteiger partial charge in [0.15, 0.2) is 0 Å². The molecular weight excluding hydrogens is 392 g/mol. The van der Waals surface area contributed by atoms with Crippen LogP contribution in [0.5, 0.6) is 5.75 Å². The number of nitrogens with zero attached hydrogens (tertiary/aromatic N) is 2. The molecule has 31 heavy (non-hydrogen) atoms.